The van der Waals surface area contributed by atoms with E-state index in [2.05, 4.69) is 184 Å². The van der Waals surface area contributed by atoms with Crippen LogP contribution in [0, 0.1) is 22.7 Å². The summed E-state index contributed by atoms with van der Waals surface area (Å²) in [5.41, 5.74) is 12.3. The number of fused-ring (bicyclic) bond motifs is 6. The van der Waals surface area contributed by atoms with Crippen molar-refractivity contribution in [3.8, 4) is 34.6 Å². The van der Waals surface area contributed by atoms with Crippen LogP contribution in [0.25, 0.3) is 66.1 Å². The van der Waals surface area contributed by atoms with Crippen molar-refractivity contribution in [1.82, 2.24) is 9.13 Å². The summed E-state index contributed by atoms with van der Waals surface area (Å²) in [6.45, 7) is 0. The molecule has 0 atom stereocenters. The van der Waals surface area contributed by atoms with Gasteiger partial charge >= 0.3 is 0 Å². The molecule has 2 aromatic heterocycles. The van der Waals surface area contributed by atoms with E-state index in [-0.39, 0.29) is 0 Å². The number of rotatable bonds is 6. The van der Waals surface area contributed by atoms with Crippen LogP contribution in [0.1, 0.15) is 11.1 Å². The summed E-state index contributed by atoms with van der Waals surface area (Å²) in [5.74, 6) is 0. The number of benzene rings is 8. The molecule has 0 saturated heterocycles. The molecular weight excluding hydrogens is 671 g/mol. The van der Waals surface area contributed by atoms with E-state index < -0.39 is 0 Å². The number of aromatic nitrogens is 2. The third kappa shape index (κ3) is 5.23. The number of anilines is 3. The first kappa shape index (κ1) is 31.8. The number of hydrogen-bond acceptors (Lipinski definition) is 3. The SMILES string of the molecule is N#Cc1ccc(-n2c3ccc(-c4ccc5c6ccccc6n(-c6ccccc6)c5c4)cc3c3cc(N(c4ccccc4)c4ccccc4)ccc32)c(C#N)c1. The van der Waals surface area contributed by atoms with Gasteiger partial charge in [0.05, 0.1) is 45.0 Å². The molecule has 10 rings (SSSR count). The summed E-state index contributed by atoms with van der Waals surface area (Å²) in [6, 6.07) is 69.7. The highest BCUT2D eigenvalue weighted by molar-refractivity contribution is 6.13. The topological polar surface area (TPSA) is 60.7 Å². The maximum Gasteiger partial charge on any atom is 0.101 e. The van der Waals surface area contributed by atoms with Crippen LogP contribution >= 0.6 is 0 Å². The van der Waals surface area contributed by atoms with Gasteiger partial charge in [-0.15, -0.1) is 0 Å². The highest BCUT2D eigenvalue weighted by Crippen LogP contribution is 2.42. The number of hydrogen-bond donors (Lipinski definition) is 0. The van der Waals surface area contributed by atoms with E-state index in [0.717, 1.165) is 66.9 Å². The van der Waals surface area contributed by atoms with E-state index in [9.17, 15) is 10.5 Å². The lowest BCUT2D eigenvalue weighted by Crippen LogP contribution is -2.09. The number of nitrogens with zero attached hydrogens (tertiary/aromatic N) is 5. The molecule has 5 nitrogen and oxygen atoms in total. The monoisotopic (exact) mass is 701 g/mol. The first-order chi connectivity index (χ1) is 27.2. The molecule has 10 aromatic rings. The van der Waals surface area contributed by atoms with Gasteiger partial charge in [0.1, 0.15) is 6.07 Å². The minimum absolute atomic E-state index is 0.445. The Hall–Kier alpha value is -7.86. The van der Waals surface area contributed by atoms with E-state index in [1.54, 1.807) is 12.1 Å². The fraction of sp³-hybridized carbons (Fsp3) is 0. The summed E-state index contributed by atoms with van der Waals surface area (Å²) in [4.78, 5) is 2.27. The largest absolute Gasteiger partial charge is 0.310 e. The van der Waals surface area contributed by atoms with Gasteiger partial charge in [-0.2, -0.15) is 10.5 Å². The average Bonchev–Trinajstić information content (AvgIpc) is 3.76. The molecule has 2 heterocycles. The zero-order valence-corrected chi connectivity index (χ0v) is 29.6. The van der Waals surface area contributed by atoms with Gasteiger partial charge < -0.3 is 14.0 Å². The van der Waals surface area contributed by atoms with Crippen LogP contribution in [0.2, 0.25) is 0 Å². The predicted molar refractivity (Wildman–Crippen MR) is 225 cm³/mol. The molecule has 256 valence electrons. The molecular formula is C50H31N5. The standard InChI is InChI=1S/C50H31N5/c51-32-34-20-25-46(37(28-34)33-52)55-48-26-22-35(36-21-24-43-42-18-10-11-19-47(42)54(50(43)30-36)40-16-8-3-9-17-40)29-44(48)45-31-41(23-27-49(45)55)53(38-12-4-1-5-13-38)39-14-6-2-7-15-39/h1-31H. The van der Waals surface area contributed by atoms with Crippen LogP contribution in [0.5, 0.6) is 0 Å². The smallest absolute Gasteiger partial charge is 0.101 e. The fourth-order valence-corrected chi connectivity index (χ4v) is 8.09. The molecule has 0 saturated carbocycles. The van der Waals surface area contributed by atoms with E-state index in [1.165, 1.54) is 16.3 Å². The Morgan fingerprint density at radius 3 is 1.67 bits per heavy atom. The van der Waals surface area contributed by atoms with Crippen LogP contribution in [-0.2, 0) is 0 Å². The third-order valence-electron chi connectivity index (χ3n) is 10.5. The zero-order chi connectivity index (χ0) is 36.9. The average molecular weight is 702 g/mol. The zero-order valence-electron chi connectivity index (χ0n) is 29.6. The Morgan fingerprint density at radius 2 is 0.964 bits per heavy atom. The van der Waals surface area contributed by atoms with Gasteiger partial charge in [-0.1, -0.05) is 91.0 Å². The Balaban J connectivity index is 1.23. The maximum atomic E-state index is 10.3. The summed E-state index contributed by atoms with van der Waals surface area (Å²) in [5, 5.41) is 24.5. The van der Waals surface area contributed by atoms with Crippen LogP contribution in [-0.4, -0.2) is 9.13 Å². The van der Waals surface area contributed by atoms with Gasteiger partial charge in [-0.05, 0) is 108 Å². The van der Waals surface area contributed by atoms with Crippen molar-refractivity contribution in [2.75, 3.05) is 4.90 Å². The van der Waals surface area contributed by atoms with Crippen molar-refractivity contribution >= 4 is 60.7 Å². The van der Waals surface area contributed by atoms with Crippen molar-refractivity contribution in [2.45, 2.75) is 0 Å². The molecule has 8 aromatic carbocycles. The van der Waals surface area contributed by atoms with Crippen molar-refractivity contribution < 1.29 is 0 Å². The summed E-state index contributed by atoms with van der Waals surface area (Å²) < 4.78 is 4.50. The van der Waals surface area contributed by atoms with Crippen LogP contribution in [0.3, 0.4) is 0 Å². The molecule has 0 spiro atoms. The van der Waals surface area contributed by atoms with E-state index >= 15 is 0 Å². The second-order valence-corrected chi connectivity index (χ2v) is 13.7. The molecule has 0 bridgehead atoms. The molecule has 0 N–H and O–H groups in total. The lowest BCUT2D eigenvalue weighted by Gasteiger charge is -2.25. The Labute approximate surface area is 318 Å². The van der Waals surface area contributed by atoms with Crippen LogP contribution in [0.15, 0.2) is 188 Å². The minimum Gasteiger partial charge on any atom is -0.310 e. The lowest BCUT2D eigenvalue weighted by atomic mass is 10.0. The number of nitriles is 2. The van der Waals surface area contributed by atoms with Gasteiger partial charge in [0.15, 0.2) is 0 Å². The van der Waals surface area contributed by atoms with Gasteiger partial charge in [0, 0.05) is 44.3 Å². The Morgan fingerprint density at radius 1 is 0.382 bits per heavy atom. The van der Waals surface area contributed by atoms with Crippen molar-refractivity contribution in [1.29, 1.82) is 10.5 Å². The third-order valence-corrected chi connectivity index (χ3v) is 10.5. The molecule has 0 radical (unpaired) electrons. The number of para-hydroxylation sites is 4. The van der Waals surface area contributed by atoms with Gasteiger partial charge in [0.25, 0.3) is 0 Å². The van der Waals surface area contributed by atoms with Gasteiger partial charge in [-0.25, -0.2) is 0 Å². The predicted octanol–water partition coefficient (Wildman–Crippen LogP) is 12.8. The van der Waals surface area contributed by atoms with Crippen molar-refractivity contribution in [3.63, 3.8) is 0 Å². The first-order valence-corrected chi connectivity index (χ1v) is 18.2. The lowest BCUT2D eigenvalue weighted by molar-refractivity contribution is 1.16. The second kappa shape index (κ2) is 13.0. The molecule has 0 aliphatic heterocycles. The normalized spacial score (nSPS) is 11.2. The highest BCUT2D eigenvalue weighted by atomic mass is 15.1. The highest BCUT2D eigenvalue weighted by Gasteiger charge is 2.20. The first-order valence-electron chi connectivity index (χ1n) is 18.2. The molecule has 0 aliphatic carbocycles. The Bertz CT molecular complexity index is 3120. The fourth-order valence-electron chi connectivity index (χ4n) is 8.09. The second-order valence-electron chi connectivity index (χ2n) is 13.7. The molecule has 55 heavy (non-hydrogen) atoms. The quantitative estimate of drug-likeness (QED) is 0.173. The minimum atomic E-state index is 0.445. The van der Waals surface area contributed by atoms with E-state index in [4.69, 9.17) is 0 Å². The summed E-state index contributed by atoms with van der Waals surface area (Å²) in [6.07, 6.45) is 0. The Kier molecular flexibility index (Phi) is 7.51. The van der Waals surface area contributed by atoms with Crippen molar-refractivity contribution in [2.24, 2.45) is 0 Å². The molecule has 5 heteroatoms. The summed E-state index contributed by atoms with van der Waals surface area (Å²) in [7, 11) is 0. The van der Waals surface area contributed by atoms with Crippen molar-refractivity contribution in [3.05, 3.63) is 199 Å². The van der Waals surface area contributed by atoms with Gasteiger partial charge in [-0.3, -0.25) is 0 Å². The summed E-state index contributed by atoms with van der Waals surface area (Å²) >= 11 is 0. The molecule has 0 fully saturated rings. The molecule has 0 amide bonds. The van der Waals surface area contributed by atoms with Crippen LogP contribution < -0.4 is 4.90 Å². The van der Waals surface area contributed by atoms with Crippen LogP contribution in [0.4, 0.5) is 17.1 Å². The maximum absolute atomic E-state index is 10.3. The van der Waals surface area contributed by atoms with Gasteiger partial charge in [0.2, 0.25) is 0 Å². The van der Waals surface area contributed by atoms with E-state index in [0.29, 0.717) is 11.1 Å². The molecule has 0 unspecified atom stereocenters. The van der Waals surface area contributed by atoms with E-state index in [1.807, 2.05) is 18.2 Å². The molecule has 0 aliphatic rings.